The highest BCUT2D eigenvalue weighted by atomic mass is 16.5. The van der Waals surface area contributed by atoms with Crippen LogP contribution in [0.15, 0.2) is 60.9 Å². The van der Waals surface area contributed by atoms with Gasteiger partial charge in [-0.25, -0.2) is 0 Å². The van der Waals surface area contributed by atoms with E-state index in [1.165, 1.54) is 16.7 Å². The molecule has 0 saturated heterocycles. The summed E-state index contributed by atoms with van der Waals surface area (Å²) in [7, 11) is 0. The fraction of sp³-hybridized carbons (Fsp3) is 0.333. The first kappa shape index (κ1) is 17.9. The van der Waals surface area contributed by atoms with Crippen molar-refractivity contribution in [1.82, 2.24) is 10.6 Å². The van der Waals surface area contributed by atoms with E-state index in [2.05, 4.69) is 74.4 Å². The largest absolute Gasteiger partial charge is 0.493 e. The summed E-state index contributed by atoms with van der Waals surface area (Å²) < 4.78 is 5.69. The molecule has 2 N–H and O–H groups in total. The lowest BCUT2D eigenvalue weighted by Crippen LogP contribution is -2.24. The fourth-order valence-corrected chi connectivity index (χ4v) is 2.15. The second kappa shape index (κ2) is 9.02. The standard InChI is InChI=1S/C21H28N2O/c1-16(2)15-24-21-11-9-20(10-12-21)14-23-18(4)22-13-19-7-5-17(3)6-8-19/h5-12,16,22-23H,4,13-15H2,1-3H3. The molecule has 0 atom stereocenters. The van der Waals surface area contributed by atoms with Gasteiger partial charge in [0.25, 0.3) is 0 Å². The molecule has 0 bridgehead atoms. The van der Waals surface area contributed by atoms with Gasteiger partial charge in [-0.1, -0.05) is 62.4 Å². The third kappa shape index (κ3) is 6.37. The van der Waals surface area contributed by atoms with E-state index in [-0.39, 0.29) is 0 Å². The van der Waals surface area contributed by atoms with Crippen molar-refractivity contribution in [2.24, 2.45) is 5.92 Å². The number of ether oxygens (including phenoxy) is 1. The van der Waals surface area contributed by atoms with Gasteiger partial charge in [0, 0.05) is 13.1 Å². The summed E-state index contributed by atoms with van der Waals surface area (Å²) in [4.78, 5) is 0. The number of nitrogens with one attached hydrogen (secondary N) is 2. The van der Waals surface area contributed by atoms with E-state index in [0.717, 1.165) is 31.3 Å². The van der Waals surface area contributed by atoms with Crippen LogP contribution in [0.5, 0.6) is 5.75 Å². The SMILES string of the molecule is C=C(NCc1ccc(C)cc1)NCc1ccc(OCC(C)C)cc1. The molecular formula is C21H28N2O. The van der Waals surface area contributed by atoms with Crippen LogP contribution < -0.4 is 15.4 Å². The monoisotopic (exact) mass is 324 g/mol. The Balaban J connectivity index is 1.72. The summed E-state index contributed by atoms with van der Waals surface area (Å²) >= 11 is 0. The van der Waals surface area contributed by atoms with Gasteiger partial charge >= 0.3 is 0 Å². The first-order valence-corrected chi connectivity index (χ1v) is 8.47. The average molecular weight is 324 g/mol. The zero-order valence-electron chi connectivity index (χ0n) is 14.9. The summed E-state index contributed by atoms with van der Waals surface area (Å²) in [5, 5.41) is 6.61. The summed E-state index contributed by atoms with van der Waals surface area (Å²) in [6.45, 7) is 12.7. The Hall–Kier alpha value is -2.42. The number of hydrogen-bond donors (Lipinski definition) is 2. The van der Waals surface area contributed by atoms with Gasteiger partial charge in [-0.05, 0) is 36.1 Å². The van der Waals surface area contributed by atoms with Crippen molar-refractivity contribution in [2.75, 3.05) is 6.61 Å². The zero-order chi connectivity index (χ0) is 17.4. The zero-order valence-corrected chi connectivity index (χ0v) is 14.9. The van der Waals surface area contributed by atoms with E-state index in [1.807, 2.05) is 12.1 Å². The Morgan fingerprint density at radius 1 is 0.917 bits per heavy atom. The van der Waals surface area contributed by atoms with Crippen LogP contribution in [0.2, 0.25) is 0 Å². The molecule has 0 fully saturated rings. The van der Waals surface area contributed by atoms with Crippen molar-refractivity contribution < 1.29 is 4.74 Å². The molecule has 2 aromatic carbocycles. The van der Waals surface area contributed by atoms with E-state index in [9.17, 15) is 0 Å². The van der Waals surface area contributed by atoms with Crippen LogP contribution in [-0.4, -0.2) is 6.61 Å². The highest BCUT2D eigenvalue weighted by molar-refractivity contribution is 5.27. The molecule has 0 unspecified atom stereocenters. The van der Waals surface area contributed by atoms with E-state index in [0.29, 0.717) is 5.92 Å². The van der Waals surface area contributed by atoms with Gasteiger partial charge < -0.3 is 15.4 Å². The molecule has 24 heavy (non-hydrogen) atoms. The molecule has 0 aliphatic rings. The molecule has 128 valence electrons. The summed E-state index contributed by atoms with van der Waals surface area (Å²) in [5.41, 5.74) is 3.72. The van der Waals surface area contributed by atoms with Crippen LogP contribution in [0.3, 0.4) is 0 Å². The minimum Gasteiger partial charge on any atom is -0.493 e. The second-order valence-electron chi connectivity index (χ2n) is 6.52. The minimum absolute atomic E-state index is 0.536. The maximum Gasteiger partial charge on any atom is 0.119 e. The lowest BCUT2D eigenvalue weighted by atomic mass is 10.1. The maximum absolute atomic E-state index is 5.69. The second-order valence-corrected chi connectivity index (χ2v) is 6.52. The fourth-order valence-electron chi connectivity index (χ4n) is 2.15. The van der Waals surface area contributed by atoms with Crippen LogP contribution in [-0.2, 0) is 13.1 Å². The van der Waals surface area contributed by atoms with Gasteiger partial charge in [0.05, 0.1) is 12.4 Å². The smallest absolute Gasteiger partial charge is 0.119 e. The Kier molecular flexibility index (Phi) is 6.74. The number of benzene rings is 2. The first-order chi connectivity index (χ1) is 11.5. The molecular weight excluding hydrogens is 296 g/mol. The van der Waals surface area contributed by atoms with Gasteiger partial charge in [0.1, 0.15) is 5.75 Å². The third-order valence-electron chi connectivity index (χ3n) is 3.64. The molecule has 0 aliphatic carbocycles. The van der Waals surface area contributed by atoms with Gasteiger partial charge in [-0.2, -0.15) is 0 Å². The number of rotatable bonds is 9. The summed E-state index contributed by atoms with van der Waals surface area (Å²) in [6.07, 6.45) is 0. The number of hydrogen-bond acceptors (Lipinski definition) is 3. The quantitative estimate of drug-likeness (QED) is 0.718. The Bertz CT molecular complexity index is 630. The molecule has 2 rings (SSSR count). The highest BCUT2D eigenvalue weighted by Crippen LogP contribution is 2.13. The summed E-state index contributed by atoms with van der Waals surface area (Å²) in [6, 6.07) is 16.7. The normalized spacial score (nSPS) is 10.5. The number of aryl methyl sites for hydroxylation is 1. The maximum atomic E-state index is 5.69. The Labute approximate surface area is 145 Å². The van der Waals surface area contributed by atoms with Crippen LogP contribution in [0, 0.1) is 12.8 Å². The third-order valence-corrected chi connectivity index (χ3v) is 3.64. The lowest BCUT2D eigenvalue weighted by molar-refractivity contribution is 0.271. The van der Waals surface area contributed by atoms with Crippen molar-refractivity contribution in [2.45, 2.75) is 33.9 Å². The van der Waals surface area contributed by atoms with E-state index >= 15 is 0 Å². The molecule has 0 saturated carbocycles. The van der Waals surface area contributed by atoms with Gasteiger partial charge in [-0.3, -0.25) is 0 Å². The Morgan fingerprint density at radius 2 is 1.42 bits per heavy atom. The molecule has 0 aliphatic heterocycles. The molecule has 0 spiro atoms. The van der Waals surface area contributed by atoms with Crippen LogP contribution >= 0.6 is 0 Å². The van der Waals surface area contributed by atoms with E-state index in [1.54, 1.807) is 0 Å². The topological polar surface area (TPSA) is 33.3 Å². The highest BCUT2D eigenvalue weighted by Gasteiger charge is 1.99. The molecule has 3 nitrogen and oxygen atoms in total. The van der Waals surface area contributed by atoms with Crippen LogP contribution in [0.4, 0.5) is 0 Å². The molecule has 2 aromatic rings. The average Bonchev–Trinajstić information content (AvgIpc) is 2.58. The van der Waals surface area contributed by atoms with Crippen LogP contribution in [0.1, 0.15) is 30.5 Å². The minimum atomic E-state index is 0.536. The molecule has 0 heterocycles. The van der Waals surface area contributed by atoms with Crippen molar-refractivity contribution in [3.8, 4) is 5.75 Å². The Morgan fingerprint density at radius 3 is 1.92 bits per heavy atom. The molecule has 0 radical (unpaired) electrons. The predicted molar refractivity (Wildman–Crippen MR) is 101 cm³/mol. The first-order valence-electron chi connectivity index (χ1n) is 8.47. The van der Waals surface area contributed by atoms with Gasteiger partial charge in [0.2, 0.25) is 0 Å². The van der Waals surface area contributed by atoms with Crippen molar-refractivity contribution >= 4 is 0 Å². The summed E-state index contributed by atoms with van der Waals surface area (Å²) in [5.74, 6) is 2.29. The molecule has 0 amide bonds. The van der Waals surface area contributed by atoms with Gasteiger partial charge in [-0.15, -0.1) is 0 Å². The molecule has 0 aromatic heterocycles. The predicted octanol–water partition coefficient (Wildman–Crippen LogP) is 4.38. The van der Waals surface area contributed by atoms with Crippen molar-refractivity contribution in [3.63, 3.8) is 0 Å². The van der Waals surface area contributed by atoms with Crippen molar-refractivity contribution in [3.05, 3.63) is 77.6 Å². The lowest BCUT2D eigenvalue weighted by Gasteiger charge is -2.13. The van der Waals surface area contributed by atoms with E-state index in [4.69, 9.17) is 4.74 Å². The van der Waals surface area contributed by atoms with E-state index < -0.39 is 0 Å². The van der Waals surface area contributed by atoms with Crippen molar-refractivity contribution in [1.29, 1.82) is 0 Å². The van der Waals surface area contributed by atoms with Gasteiger partial charge in [0.15, 0.2) is 0 Å². The van der Waals surface area contributed by atoms with Crippen LogP contribution in [0.25, 0.3) is 0 Å². The molecule has 3 heteroatoms.